The molecule has 1 atom stereocenters. The number of ether oxygens (including phenoxy) is 1. The number of halogens is 1. The summed E-state index contributed by atoms with van der Waals surface area (Å²) in [6.07, 6.45) is 8.31. The zero-order valence-electron chi connectivity index (χ0n) is 11.7. The van der Waals surface area contributed by atoms with Gasteiger partial charge in [-0.05, 0) is 18.2 Å². The van der Waals surface area contributed by atoms with Crippen molar-refractivity contribution in [1.29, 1.82) is 0 Å². The second-order valence-electron chi connectivity index (χ2n) is 4.85. The van der Waals surface area contributed by atoms with Gasteiger partial charge in [-0.25, -0.2) is 9.97 Å². The van der Waals surface area contributed by atoms with E-state index in [0.717, 1.165) is 6.42 Å². The van der Waals surface area contributed by atoms with E-state index in [4.69, 9.17) is 20.8 Å². The first-order valence-electron chi connectivity index (χ1n) is 6.85. The van der Waals surface area contributed by atoms with Crippen molar-refractivity contribution in [1.82, 2.24) is 14.9 Å². The summed E-state index contributed by atoms with van der Waals surface area (Å²) in [5.41, 5.74) is 0. The molecular weight excluding hydrogens is 306 g/mol. The summed E-state index contributed by atoms with van der Waals surface area (Å²) in [6, 6.07) is 3.84. The average molecular weight is 320 g/mol. The summed E-state index contributed by atoms with van der Waals surface area (Å²) in [4.78, 5) is 21.8. The normalized spacial score (nSPS) is 18.0. The van der Waals surface area contributed by atoms with E-state index < -0.39 is 0 Å². The van der Waals surface area contributed by atoms with Gasteiger partial charge in [-0.3, -0.25) is 4.79 Å². The minimum absolute atomic E-state index is 0.0699. The zero-order valence-corrected chi connectivity index (χ0v) is 12.4. The Kier molecular flexibility index (Phi) is 4.39. The van der Waals surface area contributed by atoms with Crippen molar-refractivity contribution in [2.24, 2.45) is 0 Å². The second-order valence-corrected chi connectivity index (χ2v) is 5.28. The van der Waals surface area contributed by atoms with Crippen LogP contribution in [0.15, 0.2) is 41.3 Å². The van der Waals surface area contributed by atoms with Gasteiger partial charge in [0.05, 0.1) is 30.2 Å². The van der Waals surface area contributed by atoms with Gasteiger partial charge in [0.2, 0.25) is 5.91 Å². The maximum absolute atomic E-state index is 12.1. The molecular formula is C15H14ClN3O3. The van der Waals surface area contributed by atoms with Crippen molar-refractivity contribution in [2.75, 3.05) is 13.1 Å². The molecule has 0 bridgehead atoms. The van der Waals surface area contributed by atoms with Gasteiger partial charge in [-0.15, -0.1) is 0 Å². The topological polar surface area (TPSA) is 68.5 Å². The fraction of sp³-hybridized carbons (Fsp3) is 0.267. The summed E-state index contributed by atoms with van der Waals surface area (Å²) >= 11 is 5.72. The van der Waals surface area contributed by atoms with Crippen LogP contribution in [0.2, 0.25) is 5.02 Å². The molecule has 1 saturated heterocycles. The van der Waals surface area contributed by atoms with Crippen molar-refractivity contribution in [2.45, 2.75) is 12.5 Å². The van der Waals surface area contributed by atoms with Crippen LogP contribution in [-0.4, -0.2) is 40.0 Å². The van der Waals surface area contributed by atoms with Crippen LogP contribution in [0.5, 0.6) is 6.01 Å². The van der Waals surface area contributed by atoms with Gasteiger partial charge in [0.1, 0.15) is 11.9 Å². The van der Waals surface area contributed by atoms with E-state index in [9.17, 15) is 4.79 Å². The number of aromatic nitrogens is 2. The Morgan fingerprint density at radius 3 is 3.00 bits per heavy atom. The molecule has 1 aliphatic heterocycles. The SMILES string of the molecule is O=C(C=Cc1ccco1)N1CCC(Oc2ncc(Cl)cn2)C1. The molecule has 0 aliphatic carbocycles. The van der Waals surface area contributed by atoms with Gasteiger partial charge in [0, 0.05) is 19.0 Å². The van der Waals surface area contributed by atoms with E-state index in [2.05, 4.69) is 9.97 Å². The van der Waals surface area contributed by atoms with Crippen LogP contribution in [0, 0.1) is 0 Å². The Balaban J connectivity index is 1.53. The third-order valence-corrected chi connectivity index (χ3v) is 3.45. The molecule has 0 spiro atoms. The number of hydrogen-bond donors (Lipinski definition) is 0. The Morgan fingerprint density at radius 2 is 2.27 bits per heavy atom. The fourth-order valence-electron chi connectivity index (χ4n) is 2.18. The number of rotatable bonds is 4. The predicted molar refractivity (Wildman–Crippen MR) is 80.4 cm³/mol. The summed E-state index contributed by atoms with van der Waals surface area (Å²) in [7, 11) is 0. The molecule has 0 aromatic carbocycles. The lowest BCUT2D eigenvalue weighted by Gasteiger charge is -2.14. The van der Waals surface area contributed by atoms with E-state index in [0.29, 0.717) is 23.9 Å². The molecule has 6 nitrogen and oxygen atoms in total. The Bertz CT molecular complexity index is 655. The minimum atomic E-state index is -0.109. The highest BCUT2D eigenvalue weighted by molar-refractivity contribution is 6.30. The van der Waals surface area contributed by atoms with Crippen LogP contribution in [0.4, 0.5) is 0 Å². The van der Waals surface area contributed by atoms with Gasteiger partial charge in [-0.1, -0.05) is 11.6 Å². The van der Waals surface area contributed by atoms with E-state index in [1.54, 1.807) is 29.4 Å². The number of hydrogen-bond acceptors (Lipinski definition) is 5. The predicted octanol–water partition coefficient (Wildman–Crippen LogP) is 2.42. The molecule has 0 radical (unpaired) electrons. The van der Waals surface area contributed by atoms with Crippen LogP contribution >= 0.6 is 11.6 Å². The number of likely N-dealkylation sites (tertiary alicyclic amines) is 1. The minimum Gasteiger partial charge on any atom is -0.465 e. The lowest BCUT2D eigenvalue weighted by molar-refractivity contribution is -0.125. The molecule has 0 saturated carbocycles. The van der Waals surface area contributed by atoms with Gasteiger partial charge in [0.15, 0.2) is 0 Å². The Hall–Kier alpha value is -2.34. The molecule has 0 N–H and O–H groups in total. The molecule has 1 aliphatic rings. The first-order valence-corrected chi connectivity index (χ1v) is 7.23. The van der Waals surface area contributed by atoms with Crippen LogP contribution in [0.25, 0.3) is 6.08 Å². The van der Waals surface area contributed by atoms with Crippen molar-refractivity contribution in [3.8, 4) is 6.01 Å². The Morgan fingerprint density at radius 1 is 1.45 bits per heavy atom. The average Bonchev–Trinajstić information content (AvgIpc) is 3.19. The Labute approximate surface area is 132 Å². The van der Waals surface area contributed by atoms with E-state index in [1.807, 2.05) is 0 Å². The first kappa shape index (κ1) is 14.6. The molecule has 1 amide bonds. The highest BCUT2D eigenvalue weighted by Gasteiger charge is 2.27. The standard InChI is InChI=1S/C15H14ClN3O3/c16-11-8-17-15(18-9-11)22-13-5-6-19(10-13)14(20)4-3-12-2-1-7-21-12/h1-4,7-9,13H,5-6,10H2. The molecule has 3 heterocycles. The molecule has 3 rings (SSSR count). The van der Waals surface area contributed by atoms with Gasteiger partial charge < -0.3 is 14.1 Å². The maximum Gasteiger partial charge on any atom is 0.316 e. The summed E-state index contributed by atoms with van der Waals surface area (Å²) in [5.74, 6) is 0.578. The third-order valence-electron chi connectivity index (χ3n) is 3.26. The van der Waals surface area contributed by atoms with Crippen LogP contribution in [-0.2, 0) is 4.79 Å². The number of nitrogens with zero attached hydrogens (tertiary/aromatic N) is 3. The number of amides is 1. The van der Waals surface area contributed by atoms with Gasteiger partial charge in [0.25, 0.3) is 0 Å². The summed E-state index contributed by atoms with van der Waals surface area (Å²) < 4.78 is 10.8. The first-order chi connectivity index (χ1) is 10.7. The fourth-order valence-corrected chi connectivity index (χ4v) is 2.28. The molecule has 1 unspecified atom stereocenters. The monoisotopic (exact) mass is 319 g/mol. The number of carbonyl (C=O) groups is 1. The van der Waals surface area contributed by atoms with E-state index in [1.165, 1.54) is 18.5 Å². The lowest BCUT2D eigenvalue weighted by atomic mass is 10.3. The highest BCUT2D eigenvalue weighted by Crippen LogP contribution is 2.16. The largest absolute Gasteiger partial charge is 0.465 e. The van der Waals surface area contributed by atoms with Crippen LogP contribution in [0.3, 0.4) is 0 Å². The summed E-state index contributed by atoms with van der Waals surface area (Å²) in [6.45, 7) is 1.15. The molecule has 2 aromatic heterocycles. The lowest BCUT2D eigenvalue weighted by Crippen LogP contribution is -2.29. The second kappa shape index (κ2) is 6.62. The number of carbonyl (C=O) groups excluding carboxylic acids is 1. The zero-order chi connectivity index (χ0) is 15.4. The van der Waals surface area contributed by atoms with Crippen molar-refractivity contribution < 1.29 is 13.9 Å². The smallest absolute Gasteiger partial charge is 0.316 e. The maximum atomic E-state index is 12.1. The van der Waals surface area contributed by atoms with Gasteiger partial charge in [-0.2, -0.15) is 0 Å². The van der Waals surface area contributed by atoms with Crippen LogP contribution in [0.1, 0.15) is 12.2 Å². The van der Waals surface area contributed by atoms with E-state index in [-0.39, 0.29) is 18.0 Å². The summed E-state index contributed by atoms with van der Waals surface area (Å²) in [5, 5.41) is 0.457. The highest BCUT2D eigenvalue weighted by atomic mass is 35.5. The van der Waals surface area contributed by atoms with Gasteiger partial charge >= 0.3 is 6.01 Å². The molecule has 114 valence electrons. The van der Waals surface area contributed by atoms with Crippen molar-refractivity contribution in [3.63, 3.8) is 0 Å². The van der Waals surface area contributed by atoms with Crippen molar-refractivity contribution in [3.05, 3.63) is 47.6 Å². The third kappa shape index (κ3) is 3.65. The quantitative estimate of drug-likeness (QED) is 0.809. The van der Waals surface area contributed by atoms with Crippen LogP contribution < -0.4 is 4.74 Å². The molecule has 22 heavy (non-hydrogen) atoms. The molecule has 1 fully saturated rings. The molecule has 7 heteroatoms. The van der Waals surface area contributed by atoms with Crippen molar-refractivity contribution >= 4 is 23.6 Å². The number of furan rings is 1. The van der Waals surface area contributed by atoms with E-state index >= 15 is 0 Å². The molecule has 2 aromatic rings.